The molecule has 194 valence electrons. The van der Waals surface area contributed by atoms with Gasteiger partial charge in [0.15, 0.2) is 0 Å². The maximum atomic E-state index is 13.0. The number of alkyl halides is 3. The van der Waals surface area contributed by atoms with Crippen molar-refractivity contribution < 1.29 is 17.9 Å². The van der Waals surface area contributed by atoms with Crippen LogP contribution in [0.2, 0.25) is 5.02 Å². The monoisotopic (exact) mass is 509 g/mol. The second-order valence-corrected chi connectivity index (χ2v) is 9.50. The Bertz CT molecular complexity index is 865. The Labute approximate surface area is 214 Å². The van der Waals surface area contributed by atoms with Crippen molar-refractivity contribution in [3.05, 3.63) is 64.2 Å². The number of hydrogen-bond donors (Lipinski definition) is 0. The van der Waals surface area contributed by atoms with Crippen molar-refractivity contribution in [2.45, 2.75) is 96.8 Å². The molecule has 0 saturated carbocycles. The summed E-state index contributed by atoms with van der Waals surface area (Å²) in [5, 5.41) is -0.312. The molecular weight excluding hydrogens is 471 g/mol. The maximum Gasteiger partial charge on any atom is 0.417 e. The molecular formula is C29H39ClF3NO. The van der Waals surface area contributed by atoms with Gasteiger partial charge >= 0.3 is 6.18 Å². The Morgan fingerprint density at radius 1 is 0.800 bits per heavy atom. The fourth-order valence-corrected chi connectivity index (χ4v) is 4.13. The molecule has 2 nitrogen and oxygen atoms in total. The van der Waals surface area contributed by atoms with Gasteiger partial charge in [-0.2, -0.15) is 13.2 Å². The molecule has 2 aromatic carbocycles. The van der Waals surface area contributed by atoms with Crippen LogP contribution in [0.3, 0.4) is 0 Å². The highest BCUT2D eigenvalue weighted by molar-refractivity contribution is 6.31. The fraction of sp³-hybridized carbons (Fsp3) is 0.552. The third-order valence-corrected chi connectivity index (χ3v) is 6.33. The molecule has 0 aliphatic rings. The normalized spacial score (nSPS) is 11.9. The fourth-order valence-electron chi connectivity index (χ4n) is 3.91. The van der Waals surface area contributed by atoms with Crippen LogP contribution in [0, 0.1) is 0 Å². The van der Waals surface area contributed by atoms with Crippen LogP contribution in [0.4, 0.5) is 13.2 Å². The smallest absolute Gasteiger partial charge is 0.417 e. The Morgan fingerprint density at radius 2 is 1.37 bits per heavy atom. The lowest BCUT2D eigenvalue weighted by Crippen LogP contribution is -2.07. The molecule has 0 aliphatic heterocycles. The number of halogens is 4. The minimum atomic E-state index is -4.48. The minimum absolute atomic E-state index is 0.0344. The number of rotatable bonds is 17. The molecule has 0 fully saturated rings. The number of hydrogen-bond acceptors (Lipinski definition) is 2. The van der Waals surface area contributed by atoms with Gasteiger partial charge in [-0.1, -0.05) is 95.2 Å². The highest BCUT2D eigenvalue weighted by Gasteiger charge is 2.33. The van der Waals surface area contributed by atoms with Gasteiger partial charge in [0.25, 0.3) is 0 Å². The Hall–Kier alpha value is -2.01. The van der Waals surface area contributed by atoms with E-state index in [4.69, 9.17) is 16.3 Å². The highest BCUT2D eigenvalue weighted by atomic mass is 35.5. The lowest BCUT2D eigenvalue weighted by atomic mass is 10.1. The van der Waals surface area contributed by atoms with Crippen LogP contribution in [-0.2, 0) is 12.8 Å². The molecule has 35 heavy (non-hydrogen) atoms. The zero-order valence-electron chi connectivity index (χ0n) is 20.9. The third-order valence-electron chi connectivity index (χ3n) is 6.00. The molecule has 0 radical (unpaired) electrons. The molecule has 0 atom stereocenters. The number of ether oxygens (including phenoxy) is 1. The molecule has 0 saturated heterocycles. The summed E-state index contributed by atoms with van der Waals surface area (Å²) >= 11 is 5.66. The zero-order valence-corrected chi connectivity index (χ0v) is 21.6. The van der Waals surface area contributed by atoms with E-state index in [2.05, 4.69) is 11.9 Å². The Kier molecular flexibility index (Phi) is 13.9. The molecule has 6 heteroatoms. The van der Waals surface area contributed by atoms with E-state index in [1.54, 1.807) is 12.1 Å². The summed E-state index contributed by atoms with van der Waals surface area (Å²) < 4.78 is 44.6. The summed E-state index contributed by atoms with van der Waals surface area (Å²) in [6.45, 7) is 3.12. The molecule has 2 aromatic rings. The van der Waals surface area contributed by atoms with Crippen LogP contribution < -0.4 is 4.74 Å². The van der Waals surface area contributed by atoms with Gasteiger partial charge in [-0.25, -0.2) is 0 Å². The lowest BCUT2D eigenvalue weighted by Gasteiger charge is -2.12. The molecule has 2 rings (SSSR count). The first kappa shape index (κ1) is 29.2. The molecule has 0 heterocycles. The second kappa shape index (κ2) is 16.6. The summed E-state index contributed by atoms with van der Waals surface area (Å²) in [6.07, 6.45) is 13.3. The van der Waals surface area contributed by atoms with E-state index in [0.717, 1.165) is 24.6 Å². The van der Waals surface area contributed by atoms with Crippen molar-refractivity contribution in [1.82, 2.24) is 0 Å². The Balaban J connectivity index is 1.57. The van der Waals surface area contributed by atoms with Gasteiger partial charge < -0.3 is 4.74 Å². The van der Waals surface area contributed by atoms with Gasteiger partial charge in [0.05, 0.1) is 10.6 Å². The van der Waals surface area contributed by atoms with Crippen molar-refractivity contribution >= 4 is 17.8 Å². The first-order chi connectivity index (χ1) is 16.9. The zero-order chi connectivity index (χ0) is 25.4. The van der Waals surface area contributed by atoms with Crippen molar-refractivity contribution in [1.29, 1.82) is 0 Å². The first-order valence-electron chi connectivity index (χ1n) is 13.0. The van der Waals surface area contributed by atoms with E-state index >= 15 is 0 Å². The standard InChI is InChI=1S/C29H39ClF3NO/c1-2-3-4-5-6-7-8-9-10-11-12-13-20-34-22-24-14-17-26(18-15-24)35-23-25-16-19-28(30)27(21-25)29(31,32)33/h14-19,21-22H,2-13,20,23H2,1H3/b34-22+. The summed E-state index contributed by atoms with van der Waals surface area (Å²) in [5.41, 5.74) is 0.539. The third kappa shape index (κ3) is 12.5. The topological polar surface area (TPSA) is 21.6 Å². The van der Waals surface area contributed by atoms with Gasteiger partial charge in [-0.05, 0) is 53.9 Å². The van der Waals surface area contributed by atoms with Crippen LogP contribution in [0.15, 0.2) is 47.5 Å². The molecule has 0 N–H and O–H groups in total. The highest BCUT2D eigenvalue weighted by Crippen LogP contribution is 2.35. The molecule has 0 spiro atoms. The van der Waals surface area contributed by atoms with Gasteiger partial charge in [-0.15, -0.1) is 0 Å². The van der Waals surface area contributed by atoms with E-state index in [0.29, 0.717) is 11.3 Å². The number of unbranched alkanes of at least 4 members (excludes halogenated alkanes) is 11. The van der Waals surface area contributed by atoms with Gasteiger partial charge in [0, 0.05) is 12.8 Å². The van der Waals surface area contributed by atoms with Gasteiger partial charge in [-0.3, -0.25) is 4.99 Å². The number of benzene rings is 2. The lowest BCUT2D eigenvalue weighted by molar-refractivity contribution is -0.137. The molecule has 0 amide bonds. The van der Waals surface area contributed by atoms with E-state index in [9.17, 15) is 13.2 Å². The quantitative estimate of drug-likeness (QED) is 0.153. The summed E-state index contributed by atoms with van der Waals surface area (Å²) in [7, 11) is 0. The van der Waals surface area contributed by atoms with Crippen molar-refractivity contribution in [3.8, 4) is 5.75 Å². The number of nitrogens with zero attached hydrogens (tertiary/aromatic N) is 1. The van der Waals surface area contributed by atoms with E-state index in [1.807, 2.05) is 18.3 Å². The SMILES string of the molecule is CCCCCCCCCCCCCC/N=C/c1ccc(OCc2ccc(Cl)c(C(F)(F)F)c2)cc1. The van der Waals surface area contributed by atoms with Crippen molar-refractivity contribution in [3.63, 3.8) is 0 Å². The summed E-state index contributed by atoms with van der Waals surface area (Å²) in [4.78, 5) is 4.50. The predicted molar refractivity (Wildman–Crippen MR) is 141 cm³/mol. The summed E-state index contributed by atoms with van der Waals surface area (Å²) in [5.74, 6) is 0.589. The van der Waals surface area contributed by atoms with Crippen molar-refractivity contribution in [2.24, 2.45) is 4.99 Å². The predicted octanol–water partition coefficient (Wildman–Crippen LogP) is 10.1. The van der Waals surface area contributed by atoms with Crippen LogP contribution >= 0.6 is 11.6 Å². The number of aliphatic imine (C=N–C) groups is 1. The van der Waals surface area contributed by atoms with Crippen LogP contribution in [0.25, 0.3) is 0 Å². The van der Waals surface area contributed by atoms with Crippen LogP contribution in [-0.4, -0.2) is 12.8 Å². The van der Waals surface area contributed by atoms with E-state index < -0.39 is 11.7 Å². The maximum absolute atomic E-state index is 13.0. The van der Waals surface area contributed by atoms with Crippen LogP contribution in [0.1, 0.15) is 101 Å². The summed E-state index contributed by atoms with van der Waals surface area (Å²) in [6, 6.07) is 11.2. The average molecular weight is 510 g/mol. The van der Waals surface area contributed by atoms with Crippen LogP contribution in [0.5, 0.6) is 5.75 Å². The van der Waals surface area contributed by atoms with Gasteiger partial charge in [0.1, 0.15) is 12.4 Å². The largest absolute Gasteiger partial charge is 0.489 e. The van der Waals surface area contributed by atoms with Crippen molar-refractivity contribution in [2.75, 3.05) is 6.54 Å². The first-order valence-corrected chi connectivity index (χ1v) is 13.4. The molecule has 0 aliphatic carbocycles. The average Bonchev–Trinajstić information content (AvgIpc) is 2.84. The Morgan fingerprint density at radius 3 is 1.94 bits per heavy atom. The molecule has 0 aromatic heterocycles. The molecule has 0 bridgehead atoms. The second-order valence-electron chi connectivity index (χ2n) is 9.09. The molecule has 0 unspecified atom stereocenters. The minimum Gasteiger partial charge on any atom is -0.489 e. The van der Waals surface area contributed by atoms with E-state index in [-0.39, 0.29) is 11.6 Å². The van der Waals surface area contributed by atoms with Gasteiger partial charge in [0.2, 0.25) is 0 Å². The van der Waals surface area contributed by atoms with E-state index in [1.165, 1.54) is 82.8 Å².